The van der Waals surface area contributed by atoms with Crippen LogP contribution in [-0.2, 0) is 9.59 Å². The van der Waals surface area contributed by atoms with Crippen LogP contribution < -0.4 is 15.5 Å². The summed E-state index contributed by atoms with van der Waals surface area (Å²) in [5.74, 6) is -0.0178. The fraction of sp³-hybridized carbons (Fsp3) is 0.636. The van der Waals surface area contributed by atoms with Gasteiger partial charge in [0.15, 0.2) is 0 Å². The number of carbonyl (C=O) groups excluding carboxylic acids is 2. The van der Waals surface area contributed by atoms with Crippen molar-refractivity contribution in [2.45, 2.75) is 64.3 Å². The van der Waals surface area contributed by atoms with E-state index in [9.17, 15) is 14.0 Å². The molecule has 1 saturated heterocycles. The van der Waals surface area contributed by atoms with E-state index < -0.39 is 0 Å². The van der Waals surface area contributed by atoms with Crippen LogP contribution in [0.15, 0.2) is 18.2 Å². The third-order valence-corrected chi connectivity index (χ3v) is 5.91. The second-order valence-corrected chi connectivity index (χ2v) is 8.16. The number of benzene rings is 1. The second kappa shape index (κ2) is 9.89. The zero-order valence-electron chi connectivity index (χ0n) is 16.8. The lowest BCUT2D eigenvalue weighted by atomic mass is 9.89. The fourth-order valence-electron chi connectivity index (χ4n) is 4.40. The molecule has 1 saturated carbocycles. The van der Waals surface area contributed by atoms with Crippen molar-refractivity contribution < 1.29 is 14.0 Å². The van der Waals surface area contributed by atoms with Gasteiger partial charge in [0.25, 0.3) is 0 Å². The molecule has 3 rings (SSSR count). The summed E-state index contributed by atoms with van der Waals surface area (Å²) in [4.78, 5) is 26.7. The van der Waals surface area contributed by atoms with Gasteiger partial charge in [0.1, 0.15) is 5.82 Å². The largest absolute Gasteiger partial charge is 0.369 e. The van der Waals surface area contributed by atoms with Gasteiger partial charge in [-0.25, -0.2) is 4.39 Å². The Morgan fingerprint density at radius 3 is 2.68 bits per heavy atom. The topological polar surface area (TPSA) is 61.4 Å². The van der Waals surface area contributed by atoms with Gasteiger partial charge in [0.2, 0.25) is 11.8 Å². The fourth-order valence-corrected chi connectivity index (χ4v) is 4.40. The molecule has 1 aliphatic heterocycles. The van der Waals surface area contributed by atoms with E-state index in [1.165, 1.54) is 12.5 Å². The molecule has 1 aromatic rings. The maximum absolute atomic E-state index is 13.4. The van der Waals surface area contributed by atoms with Gasteiger partial charge < -0.3 is 15.5 Å². The summed E-state index contributed by atoms with van der Waals surface area (Å²) in [6.07, 6.45) is 7.66. The minimum Gasteiger partial charge on any atom is -0.369 e. The first-order valence-electron chi connectivity index (χ1n) is 10.6. The van der Waals surface area contributed by atoms with Crippen molar-refractivity contribution in [2.24, 2.45) is 5.92 Å². The van der Waals surface area contributed by atoms with Crippen LogP contribution in [0, 0.1) is 18.7 Å². The molecule has 6 heteroatoms. The van der Waals surface area contributed by atoms with E-state index in [0.29, 0.717) is 13.0 Å². The van der Waals surface area contributed by atoms with E-state index in [1.807, 2.05) is 13.0 Å². The van der Waals surface area contributed by atoms with Crippen molar-refractivity contribution in [1.29, 1.82) is 0 Å². The molecule has 2 aliphatic rings. The van der Waals surface area contributed by atoms with E-state index >= 15 is 0 Å². The van der Waals surface area contributed by atoms with Gasteiger partial charge in [0.05, 0.1) is 0 Å². The number of carbonyl (C=O) groups is 2. The standard InChI is InChI=1S/C22H32FN3O2/c1-16-14-18(23)9-10-20(16)26-13-5-8-19(15-26)25-21(27)11-12-24-22(28)17-6-3-2-4-7-17/h9-10,14,17,19H,2-8,11-13,15H2,1H3,(H,24,28)(H,25,27). The van der Waals surface area contributed by atoms with Crippen LogP contribution in [0.4, 0.5) is 10.1 Å². The number of nitrogens with one attached hydrogen (secondary N) is 2. The highest BCUT2D eigenvalue weighted by Gasteiger charge is 2.23. The van der Waals surface area contributed by atoms with Crippen molar-refractivity contribution in [3.8, 4) is 0 Å². The minimum absolute atomic E-state index is 0.0216. The van der Waals surface area contributed by atoms with Crippen molar-refractivity contribution >= 4 is 17.5 Å². The van der Waals surface area contributed by atoms with Crippen LogP contribution in [0.5, 0.6) is 0 Å². The van der Waals surface area contributed by atoms with Gasteiger partial charge in [-0.05, 0) is 56.4 Å². The van der Waals surface area contributed by atoms with Crippen LogP contribution in [0.25, 0.3) is 0 Å². The number of nitrogens with zero attached hydrogens (tertiary/aromatic N) is 1. The molecule has 1 aromatic carbocycles. The first-order chi connectivity index (χ1) is 13.5. The lowest BCUT2D eigenvalue weighted by Gasteiger charge is -2.35. The summed E-state index contributed by atoms with van der Waals surface area (Å²) in [6, 6.07) is 4.93. The van der Waals surface area contributed by atoms with Crippen molar-refractivity contribution in [1.82, 2.24) is 10.6 Å². The smallest absolute Gasteiger partial charge is 0.223 e. The van der Waals surface area contributed by atoms with E-state index in [0.717, 1.165) is 62.9 Å². The van der Waals surface area contributed by atoms with E-state index in [1.54, 1.807) is 6.07 Å². The summed E-state index contributed by atoms with van der Waals surface area (Å²) >= 11 is 0. The molecule has 1 aliphatic carbocycles. The molecule has 2 fully saturated rings. The van der Waals surface area contributed by atoms with Crippen LogP contribution in [0.1, 0.15) is 56.9 Å². The first kappa shape index (κ1) is 20.6. The Hall–Kier alpha value is -2.11. The lowest BCUT2D eigenvalue weighted by Crippen LogP contribution is -2.48. The summed E-state index contributed by atoms with van der Waals surface area (Å²) in [7, 11) is 0. The number of halogens is 1. The molecule has 5 nitrogen and oxygen atoms in total. The number of hydrogen-bond donors (Lipinski definition) is 2. The summed E-state index contributed by atoms with van der Waals surface area (Å²) < 4.78 is 13.4. The van der Waals surface area contributed by atoms with Gasteiger partial charge in [-0.2, -0.15) is 0 Å². The Labute approximate surface area is 167 Å². The molecule has 2 amide bonds. The molecular weight excluding hydrogens is 357 g/mol. The molecule has 154 valence electrons. The Kier molecular flexibility index (Phi) is 7.29. The van der Waals surface area contributed by atoms with Crippen LogP contribution in [-0.4, -0.2) is 37.5 Å². The van der Waals surface area contributed by atoms with E-state index in [4.69, 9.17) is 0 Å². The predicted octanol–water partition coefficient (Wildman–Crippen LogP) is 3.31. The number of piperidine rings is 1. The predicted molar refractivity (Wildman–Crippen MR) is 109 cm³/mol. The monoisotopic (exact) mass is 389 g/mol. The Bertz CT molecular complexity index is 688. The number of rotatable bonds is 6. The average molecular weight is 390 g/mol. The minimum atomic E-state index is -0.224. The maximum atomic E-state index is 13.4. The number of hydrogen-bond acceptors (Lipinski definition) is 3. The zero-order valence-corrected chi connectivity index (χ0v) is 16.8. The molecule has 0 bridgehead atoms. The highest BCUT2D eigenvalue weighted by molar-refractivity contribution is 5.80. The molecule has 0 spiro atoms. The SMILES string of the molecule is Cc1cc(F)ccc1N1CCCC(NC(=O)CCNC(=O)C2CCCCC2)C1. The third-order valence-electron chi connectivity index (χ3n) is 5.91. The van der Waals surface area contributed by atoms with Gasteiger partial charge in [0, 0.05) is 43.7 Å². The molecule has 1 heterocycles. The number of amides is 2. The highest BCUT2D eigenvalue weighted by atomic mass is 19.1. The average Bonchev–Trinajstić information content (AvgIpc) is 2.68. The molecule has 2 N–H and O–H groups in total. The lowest BCUT2D eigenvalue weighted by molar-refractivity contribution is -0.126. The van der Waals surface area contributed by atoms with Crippen LogP contribution in [0.3, 0.4) is 0 Å². The molecular formula is C22H32FN3O2. The van der Waals surface area contributed by atoms with Gasteiger partial charge >= 0.3 is 0 Å². The normalized spacial score (nSPS) is 20.6. The van der Waals surface area contributed by atoms with E-state index in [-0.39, 0.29) is 29.6 Å². The quantitative estimate of drug-likeness (QED) is 0.785. The van der Waals surface area contributed by atoms with Crippen LogP contribution >= 0.6 is 0 Å². The zero-order chi connectivity index (χ0) is 19.9. The summed E-state index contributed by atoms with van der Waals surface area (Å²) in [5.41, 5.74) is 1.94. The maximum Gasteiger partial charge on any atom is 0.223 e. The Balaban J connectivity index is 1.41. The molecule has 0 radical (unpaired) electrons. The molecule has 1 unspecified atom stereocenters. The summed E-state index contributed by atoms with van der Waals surface area (Å²) in [6.45, 7) is 3.95. The summed E-state index contributed by atoms with van der Waals surface area (Å²) in [5, 5.41) is 6.02. The van der Waals surface area contributed by atoms with Gasteiger partial charge in [-0.15, -0.1) is 0 Å². The highest BCUT2D eigenvalue weighted by Crippen LogP contribution is 2.25. The molecule has 1 atom stereocenters. The second-order valence-electron chi connectivity index (χ2n) is 8.16. The molecule has 0 aromatic heterocycles. The van der Waals surface area contributed by atoms with Gasteiger partial charge in [-0.3, -0.25) is 9.59 Å². The van der Waals surface area contributed by atoms with Gasteiger partial charge in [-0.1, -0.05) is 19.3 Å². The Morgan fingerprint density at radius 1 is 1.14 bits per heavy atom. The van der Waals surface area contributed by atoms with Crippen molar-refractivity contribution in [3.63, 3.8) is 0 Å². The Morgan fingerprint density at radius 2 is 1.93 bits per heavy atom. The number of anilines is 1. The van der Waals surface area contributed by atoms with Crippen molar-refractivity contribution in [2.75, 3.05) is 24.5 Å². The van der Waals surface area contributed by atoms with Crippen LogP contribution in [0.2, 0.25) is 0 Å². The first-order valence-corrected chi connectivity index (χ1v) is 10.6. The van der Waals surface area contributed by atoms with E-state index in [2.05, 4.69) is 15.5 Å². The third kappa shape index (κ3) is 5.69. The van der Waals surface area contributed by atoms with Crippen molar-refractivity contribution in [3.05, 3.63) is 29.6 Å². The molecule has 28 heavy (non-hydrogen) atoms. The number of aryl methyl sites for hydroxylation is 1.